The molecule has 30 heavy (non-hydrogen) atoms. The van der Waals surface area contributed by atoms with Crippen LogP contribution >= 0.6 is 11.6 Å². The number of aromatic nitrogens is 3. The highest BCUT2D eigenvalue weighted by Gasteiger charge is 2.20. The number of carbonyl (C=O) groups is 1. The van der Waals surface area contributed by atoms with Crippen molar-refractivity contribution in [2.75, 3.05) is 19.8 Å². The fourth-order valence-corrected chi connectivity index (χ4v) is 3.15. The fourth-order valence-electron chi connectivity index (χ4n) is 2.94. The Morgan fingerprint density at radius 2 is 2.27 bits per heavy atom. The van der Waals surface area contributed by atoms with Gasteiger partial charge in [-0.3, -0.25) is 9.59 Å². The van der Waals surface area contributed by atoms with Crippen LogP contribution in [0, 0.1) is 0 Å². The highest BCUT2D eigenvalue weighted by Crippen LogP contribution is 2.25. The van der Waals surface area contributed by atoms with Gasteiger partial charge in [-0.05, 0) is 24.3 Å². The molecule has 9 nitrogen and oxygen atoms in total. The first-order valence-electron chi connectivity index (χ1n) is 9.40. The van der Waals surface area contributed by atoms with Crippen LogP contribution in [0.1, 0.15) is 16.8 Å². The highest BCUT2D eigenvalue weighted by atomic mass is 35.5. The second-order valence-electron chi connectivity index (χ2n) is 6.63. The molecule has 1 atom stereocenters. The Morgan fingerprint density at radius 1 is 1.37 bits per heavy atom. The van der Waals surface area contributed by atoms with Crippen molar-refractivity contribution >= 4 is 17.5 Å². The Morgan fingerprint density at radius 3 is 3.00 bits per heavy atom. The van der Waals surface area contributed by atoms with Crippen molar-refractivity contribution in [1.82, 2.24) is 20.1 Å². The number of halogens is 1. The summed E-state index contributed by atoms with van der Waals surface area (Å²) in [4.78, 5) is 28.5. The monoisotopic (exact) mass is 430 g/mol. The number of rotatable bonds is 7. The first kappa shape index (κ1) is 20.1. The predicted octanol–water partition coefficient (Wildman–Crippen LogP) is 2.15. The van der Waals surface area contributed by atoms with E-state index in [9.17, 15) is 9.59 Å². The Balaban J connectivity index is 1.35. The lowest BCUT2D eigenvalue weighted by atomic mass is 10.2. The van der Waals surface area contributed by atoms with Crippen LogP contribution in [0.15, 0.2) is 52.0 Å². The van der Waals surface area contributed by atoms with Gasteiger partial charge in [-0.25, -0.2) is 9.67 Å². The van der Waals surface area contributed by atoms with Gasteiger partial charge in [-0.2, -0.15) is 5.10 Å². The number of ether oxygens (including phenoxy) is 2. The zero-order valence-corrected chi connectivity index (χ0v) is 16.7. The summed E-state index contributed by atoms with van der Waals surface area (Å²) < 4.78 is 17.5. The number of furan rings is 1. The average molecular weight is 431 g/mol. The molecular formula is C20H19ClN4O5. The maximum absolute atomic E-state index is 12.4. The zero-order valence-electron chi connectivity index (χ0n) is 15.9. The molecule has 1 fully saturated rings. The van der Waals surface area contributed by atoms with E-state index in [-0.39, 0.29) is 41.6 Å². The zero-order chi connectivity index (χ0) is 20.9. The largest absolute Gasteiger partial charge is 0.471 e. The summed E-state index contributed by atoms with van der Waals surface area (Å²) in [5.74, 6) is 0.463. The number of hydrogen-bond acceptors (Lipinski definition) is 7. The van der Waals surface area contributed by atoms with E-state index in [4.69, 9.17) is 25.5 Å². The molecule has 1 unspecified atom stereocenters. The third kappa shape index (κ3) is 4.69. The fraction of sp³-hybridized carbons (Fsp3) is 0.300. The van der Waals surface area contributed by atoms with E-state index in [0.717, 1.165) is 6.42 Å². The van der Waals surface area contributed by atoms with Crippen LogP contribution in [0.25, 0.3) is 11.5 Å². The molecule has 0 bridgehead atoms. The maximum atomic E-state index is 12.4. The minimum Gasteiger partial charge on any atom is -0.471 e. The Labute approximate surface area is 176 Å². The summed E-state index contributed by atoms with van der Waals surface area (Å²) >= 11 is 6.20. The van der Waals surface area contributed by atoms with Crippen LogP contribution in [-0.4, -0.2) is 46.5 Å². The first-order valence-corrected chi connectivity index (χ1v) is 9.78. The van der Waals surface area contributed by atoms with Crippen molar-refractivity contribution in [2.45, 2.75) is 19.1 Å². The van der Waals surface area contributed by atoms with Crippen LogP contribution < -0.4 is 15.6 Å². The average Bonchev–Trinajstić information content (AvgIpc) is 3.45. The van der Waals surface area contributed by atoms with Gasteiger partial charge in [-0.15, -0.1) is 0 Å². The Hall–Kier alpha value is -3.17. The van der Waals surface area contributed by atoms with Crippen molar-refractivity contribution in [1.29, 1.82) is 0 Å². The molecule has 10 heteroatoms. The van der Waals surface area contributed by atoms with Gasteiger partial charge in [0, 0.05) is 25.2 Å². The van der Waals surface area contributed by atoms with Crippen molar-refractivity contribution in [3.63, 3.8) is 0 Å². The topological polar surface area (TPSA) is 108 Å². The third-order valence-corrected chi connectivity index (χ3v) is 4.76. The molecule has 4 rings (SSSR count). The maximum Gasteiger partial charge on any atom is 0.266 e. The predicted molar refractivity (Wildman–Crippen MR) is 108 cm³/mol. The highest BCUT2D eigenvalue weighted by molar-refractivity contribution is 6.32. The van der Waals surface area contributed by atoms with Crippen LogP contribution in [-0.2, 0) is 11.3 Å². The lowest BCUT2D eigenvalue weighted by Crippen LogP contribution is -2.32. The van der Waals surface area contributed by atoms with Gasteiger partial charge >= 0.3 is 0 Å². The molecule has 0 radical (unpaired) electrons. The molecule has 0 aromatic carbocycles. The molecule has 0 aliphatic carbocycles. The summed E-state index contributed by atoms with van der Waals surface area (Å²) in [6.07, 6.45) is 3.62. The summed E-state index contributed by atoms with van der Waals surface area (Å²) in [6.45, 7) is 1.53. The minimum absolute atomic E-state index is 0.0857. The molecule has 0 saturated carbocycles. The lowest BCUT2D eigenvalue weighted by molar-refractivity contribution is 0.0951. The number of hydrogen-bond donors (Lipinski definition) is 1. The SMILES string of the molecule is O=C(NCCn1nc(-c2ccco2)ccc1=O)c1cnc(OC2CCOC2)c(Cl)c1. The van der Waals surface area contributed by atoms with Crippen molar-refractivity contribution in [3.8, 4) is 17.3 Å². The van der Waals surface area contributed by atoms with Gasteiger partial charge < -0.3 is 19.2 Å². The van der Waals surface area contributed by atoms with Gasteiger partial charge in [0.15, 0.2) is 5.76 Å². The Bertz CT molecular complexity index is 1080. The quantitative estimate of drug-likeness (QED) is 0.611. The van der Waals surface area contributed by atoms with E-state index in [1.807, 2.05) is 0 Å². The number of nitrogens with one attached hydrogen (secondary N) is 1. The molecule has 1 amide bonds. The molecule has 4 heterocycles. The molecule has 1 aliphatic rings. The van der Waals surface area contributed by atoms with E-state index in [1.165, 1.54) is 29.3 Å². The van der Waals surface area contributed by atoms with E-state index in [0.29, 0.717) is 30.2 Å². The molecule has 3 aromatic heterocycles. The minimum atomic E-state index is -0.365. The van der Waals surface area contributed by atoms with Gasteiger partial charge in [0.2, 0.25) is 5.88 Å². The summed E-state index contributed by atoms with van der Waals surface area (Å²) in [7, 11) is 0. The molecule has 3 aromatic rings. The van der Waals surface area contributed by atoms with E-state index >= 15 is 0 Å². The van der Waals surface area contributed by atoms with Crippen molar-refractivity contribution < 1.29 is 18.7 Å². The van der Waals surface area contributed by atoms with Crippen molar-refractivity contribution in [2.24, 2.45) is 0 Å². The summed E-state index contributed by atoms with van der Waals surface area (Å²) in [5.41, 5.74) is 0.548. The number of carbonyl (C=O) groups excluding carboxylic acids is 1. The van der Waals surface area contributed by atoms with Gasteiger partial charge in [0.05, 0.1) is 31.6 Å². The second kappa shape index (κ2) is 9.10. The lowest BCUT2D eigenvalue weighted by Gasteiger charge is -2.13. The smallest absolute Gasteiger partial charge is 0.266 e. The number of amides is 1. The van der Waals surface area contributed by atoms with E-state index in [2.05, 4.69) is 15.4 Å². The second-order valence-corrected chi connectivity index (χ2v) is 7.03. The molecular weight excluding hydrogens is 412 g/mol. The van der Waals surface area contributed by atoms with Crippen molar-refractivity contribution in [3.05, 3.63) is 63.7 Å². The summed E-state index contributed by atoms with van der Waals surface area (Å²) in [6, 6.07) is 7.99. The normalized spacial score (nSPS) is 15.8. The molecule has 1 saturated heterocycles. The van der Waals surface area contributed by atoms with Gasteiger partial charge in [0.25, 0.3) is 11.5 Å². The van der Waals surface area contributed by atoms with Crippen LogP contribution in [0.2, 0.25) is 5.02 Å². The van der Waals surface area contributed by atoms with Gasteiger partial charge in [-0.1, -0.05) is 11.6 Å². The molecule has 0 spiro atoms. The van der Waals surface area contributed by atoms with E-state index in [1.54, 1.807) is 18.2 Å². The van der Waals surface area contributed by atoms with Crippen LogP contribution in [0.3, 0.4) is 0 Å². The van der Waals surface area contributed by atoms with Gasteiger partial charge in [0.1, 0.15) is 16.8 Å². The number of nitrogens with zero attached hydrogens (tertiary/aromatic N) is 3. The molecule has 1 N–H and O–H groups in total. The third-order valence-electron chi connectivity index (χ3n) is 4.49. The molecule has 1 aliphatic heterocycles. The standard InChI is InChI=1S/C20H19ClN4O5/c21-15-10-13(11-23-20(15)30-14-5-9-28-12-14)19(27)22-6-7-25-18(26)4-3-16(24-25)17-2-1-8-29-17/h1-4,8,10-11,14H,5-7,9,12H2,(H,22,27). The van der Waals surface area contributed by atoms with Crippen LogP contribution in [0.5, 0.6) is 5.88 Å². The molecule has 156 valence electrons. The number of pyridine rings is 1. The Kier molecular flexibility index (Phi) is 6.10. The van der Waals surface area contributed by atoms with Crippen LogP contribution in [0.4, 0.5) is 0 Å². The first-order chi connectivity index (χ1) is 14.6. The summed E-state index contributed by atoms with van der Waals surface area (Å²) in [5, 5.41) is 7.23. The van der Waals surface area contributed by atoms with E-state index < -0.39 is 0 Å².